The molecule has 1 aliphatic carbocycles. The topological polar surface area (TPSA) is 46.2 Å². The van der Waals surface area contributed by atoms with Crippen molar-refractivity contribution in [3.63, 3.8) is 0 Å². The van der Waals surface area contributed by atoms with E-state index in [2.05, 4.69) is 19.2 Å². The van der Waals surface area contributed by atoms with Gasteiger partial charge in [0.2, 0.25) is 0 Å². The van der Waals surface area contributed by atoms with E-state index in [4.69, 9.17) is 11.6 Å². The van der Waals surface area contributed by atoms with E-state index >= 15 is 0 Å². The largest absolute Gasteiger partial charge is 0.381 e. The standard InChI is InChI=1S/C15H22ClNO2S/c1-10-5-4-6-14(11(10)2)17-15-9-12(20(3,18)19)7-8-13(15)16/h7-11,14,17H,4-6H2,1-3H3. The Bertz CT molecular complexity index is 586. The molecule has 112 valence electrons. The van der Waals surface area contributed by atoms with Crippen LogP contribution in [0.3, 0.4) is 0 Å². The maximum absolute atomic E-state index is 11.6. The van der Waals surface area contributed by atoms with Gasteiger partial charge in [0.15, 0.2) is 9.84 Å². The fourth-order valence-corrected chi connectivity index (χ4v) is 3.65. The summed E-state index contributed by atoms with van der Waals surface area (Å²) in [5.41, 5.74) is 0.723. The maximum Gasteiger partial charge on any atom is 0.175 e. The first-order valence-electron chi connectivity index (χ1n) is 7.05. The number of hydrogen-bond donors (Lipinski definition) is 1. The molecule has 3 atom stereocenters. The molecule has 1 aromatic carbocycles. The summed E-state index contributed by atoms with van der Waals surface area (Å²) in [4.78, 5) is 0.306. The summed E-state index contributed by atoms with van der Waals surface area (Å²) in [5, 5.41) is 4.02. The average Bonchev–Trinajstić information content (AvgIpc) is 2.36. The highest BCUT2D eigenvalue weighted by molar-refractivity contribution is 7.90. The van der Waals surface area contributed by atoms with Gasteiger partial charge in [0, 0.05) is 12.3 Å². The minimum absolute atomic E-state index is 0.306. The average molecular weight is 316 g/mol. The molecule has 1 aliphatic rings. The van der Waals surface area contributed by atoms with Crippen molar-refractivity contribution in [2.24, 2.45) is 11.8 Å². The summed E-state index contributed by atoms with van der Waals surface area (Å²) in [5.74, 6) is 1.24. The Kier molecular flexibility index (Phi) is 4.65. The van der Waals surface area contributed by atoms with Crippen LogP contribution in [0.5, 0.6) is 0 Å². The molecule has 1 saturated carbocycles. The normalized spacial score (nSPS) is 27.3. The van der Waals surface area contributed by atoms with Crippen LogP contribution in [0.2, 0.25) is 5.02 Å². The van der Waals surface area contributed by atoms with Gasteiger partial charge in [-0.15, -0.1) is 0 Å². The van der Waals surface area contributed by atoms with Crippen molar-refractivity contribution in [3.8, 4) is 0 Å². The highest BCUT2D eigenvalue weighted by Crippen LogP contribution is 2.34. The van der Waals surface area contributed by atoms with Crippen molar-refractivity contribution >= 4 is 27.1 Å². The summed E-state index contributed by atoms with van der Waals surface area (Å²) in [6.45, 7) is 4.52. The first-order chi connectivity index (χ1) is 9.29. The number of benzene rings is 1. The van der Waals surface area contributed by atoms with Gasteiger partial charge >= 0.3 is 0 Å². The van der Waals surface area contributed by atoms with E-state index in [1.54, 1.807) is 18.2 Å². The lowest BCUT2D eigenvalue weighted by molar-refractivity contribution is 0.253. The first kappa shape index (κ1) is 15.6. The van der Waals surface area contributed by atoms with E-state index in [0.717, 1.165) is 12.1 Å². The third-order valence-corrected chi connectivity index (χ3v) is 5.85. The van der Waals surface area contributed by atoms with E-state index < -0.39 is 9.84 Å². The summed E-state index contributed by atoms with van der Waals surface area (Å²) >= 11 is 6.19. The molecule has 3 unspecified atom stereocenters. The lowest BCUT2D eigenvalue weighted by atomic mass is 9.78. The first-order valence-corrected chi connectivity index (χ1v) is 9.32. The molecule has 0 aromatic heterocycles. The Morgan fingerprint density at radius 1 is 1.25 bits per heavy atom. The molecule has 5 heteroatoms. The summed E-state index contributed by atoms with van der Waals surface area (Å²) in [6, 6.07) is 5.20. The minimum Gasteiger partial charge on any atom is -0.381 e. The number of halogens is 1. The molecular formula is C15H22ClNO2S. The number of anilines is 1. The van der Waals surface area contributed by atoms with E-state index in [1.165, 1.54) is 19.1 Å². The Balaban J connectivity index is 2.24. The molecule has 2 rings (SSSR count). The molecule has 3 nitrogen and oxygen atoms in total. The van der Waals surface area contributed by atoms with Crippen LogP contribution in [0.1, 0.15) is 33.1 Å². The number of rotatable bonds is 3. The predicted octanol–water partition coefficient (Wildman–Crippen LogP) is 3.98. The highest BCUT2D eigenvalue weighted by atomic mass is 35.5. The highest BCUT2D eigenvalue weighted by Gasteiger charge is 2.27. The molecule has 0 spiro atoms. The quantitative estimate of drug-likeness (QED) is 0.917. The number of sulfone groups is 1. The molecule has 0 saturated heterocycles. The van der Waals surface area contributed by atoms with Crippen LogP contribution in [-0.4, -0.2) is 20.7 Å². The van der Waals surface area contributed by atoms with Crippen molar-refractivity contribution in [3.05, 3.63) is 23.2 Å². The molecular weight excluding hydrogens is 294 g/mol. The second kappa shape index (κ2) is 5.94. The maximum atomic E-state index is 11.6. The Labute approximate surface area is 126 Å². The van der Waals surface area contributed by atoms with E-state index in [-0.39, 0.29) is 0 Å². The molecule has 0 aliphatic heterocycles. The van der Waals surface area contributed by atoms with Gasteiger partial charge in [-0.05, 0) is 36.5 Å². The van der Waals surface area contributed by atoms with Gasteiger partial charge in [-0.25, -0.2) is 8.42 Å². The molecule has 0 bridgehead atoms. The molecule has 1 aromatic rings. The van der Waals surface area contributed by atoms with Gasteiger partial charge in [0.25, 0.3) is 0 Å². The van der Waals surface area contributed by atoms with Crippen LogP contribution in [0.4, 0.5) is 5.69 Å². The van der Waals surface area contributed by atoms with Gasteiger partial charge < -0.3 is 5.32 Å². The summed E-state index contributed by atoms with van der Waals surface area (Å²) in [7, 11) is -3.21. The second-order valence-electron chi connectivity index (χ2n) is 5.93. The molecule has 0 amide bonds. The van der Waals surface area contributed by atoms with Gasteiger partial charge in [-0.1, -0.05) is 38.3 Å². The van der Waals surface area contributed by atoms with Crippen molar-refractivity contribution in [2.45, 2.75) is 44.0 Å². The van der Waals surface area contributed by atoms with Gasteiger partial charge in [0.1, 0.15) is 0 Å². The number of nitrogens with one attached hydrogen (secondary N) is 1. The molecule has 20 heavy (non-hydrogen) atoms. The third kappa shape index (κ3) is 3.47. The van der Waals surface area contributed by atoms with Gasteiger partial charge in [-0.2, -0.15) is 0 Å². The third-order valence-electron chi connectivity index (χ3n) is 4.41. The van der Waals surface area contributed by atoms with Crippen molar-refractivity contribution in [1.29, 1.82) is 0 Å². The van der Waals surface area contributed by atoms with Gasteiger partial charge in [0.05, 0.1) is 15.6 Å². The monoisotopic (exact) mass is 315 g/mol. The smallest absolute Gasteiger partial charge is 0.175 e. The minimum atomic E-state index is -3.21. The second-order valence-corrected chi connectivity index (χ2v) is 8.35. The van der Waals surface area contributed by atoms with E-state index in [1.807, 2.05) is 0 Å². The van der Waals surface area contributed by atoms with Crippen molar-refractivity contribution in [1.82, 2.24) is 0 Å². The fraction of sp³-hybridized carbons (Fsp3) is 0.600. The molecule has 0 heterocycles. The zero-order valence-electron chi connectivity index (χ0n) is 12.2. The summed E-state index contributed by atoms with van der Waals surface area (Å²) in [6.07, 6.45) is 4.78. The summed E-state index contributed by atoms with van der Waals surface area (Å²) < 4.78 is 23.3. The molecule has 1 fully saturated rings. The van der Waals surface area contributed by atoms with E-state index in [0.29, 0.717) is 27.8 Å². The zero-order valence-corrected chi connectivity index (χ0v) is 13.8. The van der Waals surface area contributed by atoms with Crippen LogP contribution in [-0.2, 0) is 9.84 Å². The van der Waals surface area contributed by atoms with Crippen molar-refractivity contribution < 1.29 is 8.42 Å². The van der Waals surface area contributed by atoms with Crippen LogP contribution >= 0.6 is 11.6 Å². The van der Waals surface area contributed by atoms with Crippen LogP contribution in [0.25, 0.3) is 0 Å². The molecule has 0 radical (unpaired) electrons. The SMILES string of the molecule is CC1CCCC(Nc2cc(S(C)(=O)=O)ccc2Cl)C1C. The van der Waals surface area contributed by atoms with Crippen LogP contribution in [0.15, 0.2) is 23.1 Å². The van der Waals surface area contributed by atoms with Gasteiger partial charge in [-0.3, -0.25) is 0 Å². The van der Waals surface area contributed by atoms with Crippen LogP contribution in [0, 0.1) is 11.8 Å². The lowest BCUT2D eigenvalue weighted by Crippen LogP contribution is -2.35. The van der Waals surface area contributed by atoms with E-state index in [9.17, 15) is 8.42 Å². The predicted molar refractivity (Wildman–Crippen MR) is 84.2 cm³/mol. The fourth-order valence-electron chi connectivity index (χ4n) is 2.83. The number of hydrogen-bond acceptors (Lipinski definition) is 3. The Morgan fingerprint density at radius 3 is 2.60 bits per heavy atom. The molecule has 1 N–H and O–H groups in total. The Hall–Kier alpha value is -0.740. The van der Waals surface area contributed by atoms with Crippen LogP contribution < -0.4 is 5.32 Å². The zero-order chi connectivity index (χ0) is 14.9. The van der Waals surface area contributed by atoms with Crippen molar-refractivity contribution in [2.75, 3.05) is 11.6 Å². The Morgan fingerprint density at radius 2 is 1.95 bits per heavy atom. The lowest BCUT2D eigenvalue weighted by Gasteiger charge is -2.35.